The maximum Gasteiger partial charge on any atom is 0.233 e. The van der Waals surface area contributed by atoms with E-state index in [0.29, 0.717) is 11.4 Å². The topological polar surface area (TPSA) is 61.4 Å². The highest BCUT2D eigenvalue weighted by atomic mass is 16.2. The lowest BCUT2D eigenvalue weighted by Gasteiger charge is -2.32. The Hall–Kier alpha value is -2.82. The Kier molecular flexibility index (Phi) is 5.89. The van der Waals surface area contributed by atoms with Crippen LogP contribution in [0.25, 0.3) is 0 Å². The van der Waals surface area contributed by atoms with Gasteiger partial charge in [0.15, 0.2) is 0 Å². The number of benzene rings is 2. The quantitative estimate of drug-likeness (QED) is 0.804. The molecule has 1 heterocycles. The van der Waals surface area contributed by atoms with Gasteiger partial charge in [-0.05, 0) is 55.2 Å². The Morgan fingerprint density at radius 2 is 1.42 bits per heavy atom. The standard InChI is InChI=1S/C21H25N3O2/c1-16-11-13-24(14-12-16)19-9-7-18(8-10-19)23-21(26)15-20(25)22-17-5-3-2-4-6-17/h2-10,16H,11-15H2,1H3,(H,22,25)(H,23,26). The first-order valence-corrected chi connectivity index (χ1v) is 9.10. The molecule has 0 bridgehead atoms. The van der Waals surface area contributed by atoms with Crippen molar-refractivity contribution in [3.63, 3.8) is 0 Å². The highest BCUT2D eigenvalue weighted by Crippen LogP contribution is 2.24. The van der Waals surface area contributed by atoms with Gasteiger partial charge in [0.25, 0.3) is 0 Å². The molecule has 2 aromatic rings. The van der Waals surface area contributed by atoms with E-state index < -0.39 is 0 Å². The fourth-order valence-corrected chi connectivity index (χ4v) is 3.10. The Labute approximate surface area is 154 Å². The summed E-state index contributed by atoms with van der Waals surface area (Å²) >= 11 is 0. The molecule has 0 unspecified atom stereocenters. The van der Waals surface area contributed by atoms with E-state index in [1.165, 1.54) is 18.5 Å². The van der Waals surface area contributed by atoms with Crippen LogP contribution in [0.1, 0.15) is 26.2 Å². The zero-order valence-corrected chi connectivity index (χ0v) is 15.1. The number of hydrogen-bond donors (Lipinski definition) is 2. The molecule has 0 saturated carbocycles. The van der Waals surface area contributed by atoms with E-state index >= 15 is 0 Å². The normalized spacial score (nSPS) is 14.7. The predicted octanol–water partition coefficient (Wildman–Crippen LogP) is 3.89. The summed E-state index contributed by atoms with van der Waals surface area (Å²) in [6.07, 6.45) is 2.23. The van der Waals surface area contributed by atoms with Crippen LogP contribution in [0.2, 0.25) is 0 Å². The van der Waals surface area contributed by atoms with Gasteiger partial charge in [-0.3, -0.25) is 9.59 Å². The van der Waals surface area contributed by atoms with E-state index in [1.54, 1.807) is 12.1 Å². The fourth-order valence-electron chi connectivity index (χ4n) is 3.10. The van der Waals surface area contributed by atoms with E-state index in [1.807, 2.05) is 42.5 Å². The molecule has 5 heteroatoms. The second-order valence-corrected chi connectivity index (χ2v) is 6.86. The highest BCUT2D eigenvalue weighted by molar-refractivity contribution is 6.08. The van der Waals surface area contributed by atoms with Crippen LogP contribution in [0.5, 0.6) is 0 Å². The van der Waals surface area contributed by atoms with Crippen LogP contribution in [0.3, 0.4) is 0 Å². The van der Waals surface area contributed by atoms with Gasteiger partial charge < -0.3 is 15.5 Å². The van der Waals surface area contributed by atoms with Gasteiger partial charge in [-0.15, -0.1) is 0 Å². The number of carbonyl (C=O) groups is 2. The maximum absolute atomic E-state index is 12.1. The van der Waals surface area contributed by atoms with E-state index in [0.717, 1.165) is 19.0 Å². The molecule has 0 atom stereocenters. The Morgan fingerprint density at radius 1 is 0.885 bits per heavy atom. The molecule has 1 fully saturated rings. The molecule has 2 N–H and O–H groups in total. The summed E-state index contributed by atoms with van der Waals surface area (Å²) in [5, 5.41) is 5.49. The number of para-hydroxylation sites is 1. The third-order valence-electron chi connectivity index (χ3n) is 4.68. The van der Waals surface area contributed by atoms with E-state index in [9.17, 15) is 9.59 Å². The largest absolute Gasteiger partial charge is 0.372 e. The average molecular weight is 351 g/mol. The van der Waals surface area contributed by atoms with Gasteiger partial charge in [0, 0.05) is 30.2 Å². The van der Waals surface area contributed by atoms with Crippen LogP contribution in [-0.4, -0.2) is 24.9 Å². The molecule has 1 saturated heterocycles. The molecule has 3 rings (SSSR count). The summed E-state index contributed by atoms with van der Waals surface area (Å²) in [5.41, 5.74) is 2.57. The van der Waals surface area contributed by atoms with Crippen molar-refractivity contribution in [1.29, 1.82) is 0 Å². The van der Waals surface area contributed by atoms with E-state index in [4.69, 9.17) is 0 Å². The first-order chi connectivity index (χ1) is 12.6. The lowest BCUT2D eigenvalue weighted by Crippen LogP contribution is -2.32. The average Bonchev–Trinajstić information content (AvgIpc) is 2.64. The zero-order chi connectivity index (χ0) is 18.4. The fraction of sp³-hybridized carbons (Fsp3) is 0.333. The van der Waals surface area contributed by atoms with Crippen LogP contribution < -0.4 is 15.5 Å². The summed E-state index contributed by atoms with van der Waals surface area (Å²) < 4.78 is 0. The van der Waals surface area contributed by atoms with Crippen LogP contribution in [0.4, 0.5) is 17.1 Å². The minimum absolute atomic E-state index is 0.208. The molecule has 26 heavy (non-hydrogen) atoms. The van der Waals surface area contributed by atoms with Gasteiger partial charge in [-0.2, -0.15) is 0 Å². The Bertz CT molecular complexity index is 736. The SMILES string of the molecule is CC1CCN(c2ccc(NC(=O)CC(=O)Nc3ccccc3)cc2)CC1. The molecule has 1 aliphatic rings. The number of hydrogen-bond acceptors (Lipinski definition) is 3. The summed E-state index contributed by atoms with van der Waals surface area (Å²) in [6.45, 7) is 4.45. The smallest absolute Gasteiger partial charge is 0.233 e. The van der Waals surface area contributed by atoms with Crippen molar-refractivity contribution in [1.82, 2.24) is 0 Å². The van der Waals surface area contributed by atoms with Crippen molar-refractivity contribution in [2.75, 3.05) is 28.6 Å². The first kappa shape index (κ1) is 18.0. The number of anilines is 3. The number of piperidine rings is 1. The lowest BCUT2D eigenvalue weighted by molar-refractivity contribution is -0.123. The first-order valence-electron chi connectivity index (χ1n) is 9.10. The molecule has 0 aromatic heterocycles. The van der Waals surface area contributed by atoms with Gasteiger partial charge in [0.1, 0.15) is 6.42 Å². The molecular formula is C21H25N3O2. The van der Waals surface area contributed by atoms with Crippen LogP contribution in [0.15, 0.2) is 54.6 Å². The summed E-state index contributed by atoms with van der Waals surface area (Å²) in [5.74, 6) is 0.151. The maximum atomic E-state index is 12.1. The predicted molar refractivity (Wildman–Crippen MR) is 105 cm³/mol. The monoisotopic (exact) mass is 351 g/mol. The summed E-state index contributed by atoms with van der Waals surface area (Å²) in [6, 6.07) is 16.9. The molecule has 2 amide bonds. The number of carbonyl (C=O) groups excluding carboxylic acids is 2. The number of rotatable bonds is 5. The summed E-state index contributed by atoms with van der Waals surface area (Å²) in [7, 11) is 0. The third-order valence-corrected chi connectivity index (χ3v) is 4.68. The van der Waals surface area contributed by atoms with E-state index in [-0.39, 0.29) is 18.2 Å². The van der Waals surface area contributed by atoms with Gasteiger partial charge in [-0.25, -0.2) is 0 Å². The molecule has 0 radical (unpaired) electrons. The molecule has 0 aliphatic carbocycles. The van der Waals surface area contributed by atoms with Crippen molar-refractivity contribution in [2.45, 2.75) is 26.2 Å². The minimum Gasteiger partial charge on any atom is -0.372 e. The van der Waals surface area contributed by atoms with Gasteiger partial charge in [0.2, 0.25) is 11.8 Å². The van der Waals surface area contributed by atoms with E-state index in [2.05, 4.69) is 22.5 Å². The van der Waals surface area contributed by atoms with Gasteiger partial charge >= 0.3 is 0 Å². The van der Waals surface area contributed by atoms with Crippen molar-refractivity contribution < 1.29 is 9.59 Å². The van der Waals surface area contributed by atoms with Crippen LogP contribution >= 0.6 is 0 Å². The number of nitrogens with one attached hydrogen (secondary N) is 2. The number of nitrogens with zero attached hydrogens (tertiary/aromatic N) is 1. The van der Waals surface area contributed by atoms with Crippen molar-refractivity contribution in [3.05, 3.63) is 54.6 Å². The summed E-state index contributed by atoms with van der Waals surface area (Å²) in [4.78, 5) is 26.3. The van der Waals surface area contributed by atoms with Crippen LogP contribution in [-0.2, 0) is 9.59 Å². The van der Waals surface area contributed by atoms with Gasteiger partial charge in [0.05, 0.1) is 0 Å². The minimum atomic E-state index is -0.326. The van der Waals surface area contributed by atoms with Crippen molar-refractivity contribution >= 4 is 28.9 Å². The molecule has 5 nitrogen and oxygen atoms in total. The Morgan fingerprint density at radius 3 is 2.00 bits per heavy atom. The Balaban J connectivity index is 1.49. The molecule has 136 valence electrons. The second-order valence-electron chi connectivity index (χ2n) is 6.86. The van der Waals surface area contributed by atoms with Gasteiger partial charge in [-0.1, -0.05) is 25.1 Å². The molecule has 1 aliphatic heterocycles. The second kappa shape index (κ2) is 8.52. The van der Waals surface area contributed by atoms with Crippen LogP contribution in [0, 0.1) is 5.92 Å². The lowest BCUT2D eigenvalue weighted by atomic mass is 9.99. The van der Waals surface area contributed by atoms with Crippen molar-refractivity contribution in [3.8, 4) is 0 Å². The molecule has 2 aromatic carbocycles. The molecule has 0 spiro atoms. The molecular weight excluding hydrogens is 326 g/mol. The number of amides is 2. The highest BCUT2D eigenvalue weighted by Gasteiger charge is 2.16. The third kappa shape index (κ3) is 5.09. The zero-order valence-electron chi connectivity index (χ0n) is 15.1. The van der Waals surface area contributed by atoms with Crippen molar-refractivity contribution in [2.24, 2.45) is 5.92 Å².